The van der Waals surface area contributed by atoms with Crippen LogP contribution in [0.2, 0.25) is 0 Å². The molecule has 21 heavy (non-hydrogen) atoms. The van der Waals surface area contributed by atoms with E-state index in [2.05, 4.69) is 34.6 Å². The van der Waals surface area contributed by atoms with Crippen molar-refractivity contribution in [3.63, 3.8) is 0 Å². The minimum absolute atomic E-state index is 0.255. The Balaban J connectivity index is 2.06. The molecular weight excluding hydrogens is 270 g/mol. The highest BCUT2D eigenvalue weighted by Gasteiger charge is 2.08. The highest BCUT2D eigenvalue weighted by Crippen LogP contribution is 2.28. The van der Waals surface area contributed by atoms with E-state index in [-0.39, 0.29) is 6.61 Å². The lowest BCUT2D eigenvalue weighted by Crippen LogP contribution is -2.21. The minimum Gasteiger partial charge on any atom is -0.493 e. The van der Waals surface area contributed by atoms with E-state index in [0.29, 0.717) is 23.4 Å². The molecule has 7 nitrogen and oxygen atoms in total. The molecule has 0 fully saturated rings. The van der Waals surface area contributed by atoms with Crippen LogP contribution in [0.4, 0.5) is 0 Å². The van der Waals surface area contributed by atoms with Crippen LogP contribution in [0.1, 0.15) is 25.2 Å². The second-order valence-electron chi connectivity index (χ2n) is 5.00. The van der Waals surface area contributed by atoms with Crippen LogP contribution in [-0.2, 0) is 20.2 Å². The molecule has 0 bridgehead atoms. The molecule has 0 aliphatic carbocycles. The van der Waals surface area contributed by atoms with Crippen LogP contribution in [0.25, 0.3) is 0 Å². The normalized spacial score (nSPS) is 10.9. The van der Waals surface area contributed by atoms with Gasteiger partial charge < -0.3 is 14.8 Å². The number of nitrogens with one attached hydrogen (secondary N) is 1. The smallest absolute Gasteiger partial charge is 0.212 e. The molecule has 1 heterocycles. The topological polar surface area (TPSA) is 74.1 Å². The number of hydrogen-bond donors (Lipinski definition) is 1. The van der Waals surface area contributed by atoms with Crippen molar-refractivity contribution in [1.29, 1.82) is 0 Å². The van der Waals surface area contributed by atoms with Gasteiger partial charge in [0.2, 0.25) is 5.82 Å². The lowest BCUT2D eigenvalue weighted by atomic mass is 10.2. The van der Waals surface area contributed by atoms with Crippen molar-refractivity contribution in [3.8, 4) is 11.5 Å². The number of benzene rings is 1. The van der Waals surface area contributed by atoms with Gasteiger partial charge in [0.05, 0.1) is 14.2 Å². The highest BCUT2D eigenvalue weighted by molar-refractivity contribution is 5.43. The molecule has 114 valence electrons. The quantitative estimate of drug-likeness (QED) is 0.828. The van der Waals surface area contributed by atoms with Crippen LogP contribution >= 0.6 is 0 Å². The van der Waals surface area contributed by atoms with Crippen LogP contribution in [0.3, 0.4) is 0 Å². The second kappa shape index (κ2) is 7.03. The van der Waals surface area contributed by atoms with E-state index in [0.717, 1.165) is 12.1 Å². The molecule has 0 radical (unpaired) electrons. The molecule has 0 saturated heterocycles. The Labute approximate surface area is 124 Å². The van der Waals surface area contributed by atoms with E-state index in [1.807, 2.05) is 18.2 Å². The molecule has 1 N–H and O–H groups in total. The van der Waals surface area contributed by atoms with Gasteiger partial charge in [-0.1, -0.05) is 19.9 Å². The Morgan fingerprint density at radius 2 is 2.10 bits per heavy atom. The summed E-state index contributed by atoms with van der Waals surface area (Å²) in [7, 11) is 3.34. The monoisotopic (exact) mass is 291 g/mol. The van der Waals surface area contributed by atoms with E-state index < -0.39 is 0 Å². The Bertz CT molecular complexity index is 582. The van der Waals surface area contributed by atoms with Crippen LogP contribution < -0.4 is 14.8 Å². The summed E-state index contributed by atoms with van der Waals surface area (Å²) in [6.45, 7) is 5.26. The Kier molecular flexibility index (Phi) is 5.10. The van der Waals surface area contributed by atoms with Gasteiger partial charge in [0.15, 0.2) is 18.1 Å². The van der Waals surface area contributed by atoms with Crippen molar-refractivity contribution in [2.75, 3.05) is 7.11 Å². The summed E-state index contributed by atoms with van der Waals surface area (Å²) >= 11 is 0. The summed E-state index contributed by atoms with van der Waals surface area (Å²) in [4.78, 5) is 1.40. The first-order valence-corrected chi connectivity index (χ1v) is 6.84. The molecule has 0 atom stereocenters. The molecule has 0 aliphatic heterocycles. The molecule has 2 rings (SSSR count). The zero-order valence-electron chi connectivity index (χ0n) is 12.8. The van der Waals surface area contributed by atoms with Crippen molar-refractivity contribution >= 4 is 0 Å². The first kappa shape index (κ1) is 15.2. The molecule has 0 amide bonds. The van der Waals surface area contributed by atoms with Gasteiger partial charge in [-0.15, -0.1) is 10.2 Å². The van der Waals surface area contributed by atoms with Crippen LogP contribution in [-0.4, -0.2) is 33.4 Å². The molecular formula is C14H21N5O2. The van der Waals surface area contributed by atoms with Crippen molar-refractivity contribution < 1.29 is 9.47 Å². The highest BCUT2D eigenvalue weighted by atomic mass is 16.5. The van der Waals surface area contributed by atoms with E-state index >= 15 is 0 Å². The summed E-state index contributed by atoms with van der Waals surface area (Å²) < 4.78 is 11.1. The van der Waals surface area contributed by atoms with Gasteiger partial charge in [-0.3, -0.25) is 0 Å². The second-order valence-corrected chi connectivity index (χ2v) is 5.00. The number of hydrogen-bond acceptors (Lipinski definition) is 6. The average molecular weight is 291 g/mol. The zero-order valence-corrected chi connectivity index (χ0v) is 12.8. The summed E-state index contributed by atoms with van der Waals surface area (Å²) in [6, 6.07) is 6.31. The average Bonchev–Trinajstić information content (AvgIpc) is 2.88. The third-order valence-corrected chi connectivity index (χ3v) is 2.85. The van der Waals surface area contributed by atoms with E-state index in [1.54, 1.807) is 14.2 Å². The van der Waals surface area contributed by atoms with Gasteiger partial charge in [0, 0.05) is 12.6 Å². The van der Waals surface area contributed by atoms with Gasteiger partial charge in [-0.25, -0.2) is 0 Å². The van der Waals surface area contributed by atoms with E-state index in [9.17, 15) is 0 Å². The fraction of sp³-hybridized carbons (Fsp3) is 0.500. The number of nitrogens with zero attached hydrogens (tertiary/aromatic N) is 4. The molecule has 0 unspecified atom stereocenters. The van der Waals surface area contributed by atoms with Gasteiger partial charge in [0.25, 0.3) is 0 Å². The number of aryl methyl sites for hydroxylation is 1. The molecule has 1 aromatic heterocycles. The maximum Gasteiger partial charge on any atom is 0.212 e. The van der Waals surface area contributed by atoms with Crippen LogP contribution in [0.5, 0.6) is 11.5 Å². The van der Waals surface area contributed by atoms with Gasteiger partial charge in [-0.2, -0.15) is 4.80 Å². The maximum atomic E-state index is 5.74. The molecule has 1 aromatic carbocycles. The van der Waals surface area contributed by atoms with Gasteiger partial charge >= 0.3 is 0 Å². The standard InChI is InChI=1S/C14H21N5O2/c1-10(2)15-8-11-5-6-12(20-4)13(7-11)21-9-14-16-18-19(3)17-14/h5-7,10,15H,8-9H2,1-4H3. The first-order chi connectivity index (χ1) is 10.1. The van der Waals surface area contributed by atoms with Crippen molar-refractivity contribution in [1.82, 2.24) is 25.5 Å². The summed E-state index contributed by atoms with van der Waals surface area (Å²) in [6.07, 6.45) is 0. The van der Waals surface area contributed by atoms with Crippen LogP contribution in [0.15, 0.2) is 18.2 Å². The minimum atomic E-state index is 0.255. The number of rotatable bonds is 7. The maximum absolute atomic E-state index is 5.74. The summed E-state index contributed by atoms with van der Waals surface area (Å²) in [5.41, 5.74) is 1.13. The molecule has 7 heteroatoms. The fourth-order valence-electron chi connectivity index (χ4n) is 1.79. The van der Waals surface area contributed by atoms with Crippen molar-refractivity contribution in [3.05, 3.63) is 29.6 Å². The molecule has 0 saturated carbocycles. The third kappa shape index (κ3) is 4.42. The Morgan fingerprint density at radius 3 is 2.71 bits per heavy atom. The number of tetrazole rings is 1. The molecule has 0 aliphatic rings. The predicted octanol–water partition coefficient (Wildman–Crippen LogP) is 1.30. The Morgan fingerprint density at radius 1 is 1.29 bits per heavy atom. The molecule has 2 aromatic rings. The van der Waals surface area contributed by atoms with Gasteiger partial charge in [0.1, 0.15) is 0 Å². The fourth-order valence-corrected chi connectivity index (χ4v) is 1.79. The lowest BCUT2D eigenvalue weighted by Gasteiger charge is -2.13. The van der Waals surface area contributed by atoms with E-state index in [4.69, 9.17) is 9.47 Å². The predicted molar refractivity (Wildman–Crippen MR) is 78.1 cm³/mol. The van der Waals surface area contributed by atoms with E-state index in [1.165, 1.54) is 4.80 Å². The zero-order chi connectivity index (χ0) is 15.2. The largest absolute Gasteiger partial charge is 0.493 e. The summed E-state index contributed by atoms with van der Waals surface area (Å²) in [5, 5.41) is 15.1. The van der Waals surface area contributed by atoms with Crippen molar-refractivity contribution in [2.45, 2.75) is 33.0 Å². The van der Waals surface area contributed by atoms with Gasteiger partial charge in [-0.05, 0) is 22.9 Å². The van der Waals surface area contributed by atoms with Crippen LogP contribution in [0, 0.1) is 0 Å². The number of ether oxygens (including phenoxy) is 2. The third-order valence-electron chi connectivity index (χ3n) is 2.85. The SMILES string of the molecule is COc1ccc(CNC(C)C)cc1OCc1nnn(C)n1. The number of aromatic nitrogens is 4. The Hall–Kier alpha value is -2.15. The first-order valence-electron chi connectivity index (χ1n) is 6.84. The summed E-state index contributed by atoms with van der Waals surface area (Å²) in [5.74, 6) is 1.89. The number of methoxy groups -OCH3 is 1. The lowest BCUT2D eigenvalue weighted by molar-refractivity contribution is 0.275. The molecule has 0 spiro atoms. The van der Waals surface area contributed by atoms with Crippen molar-refractivity contribution in [2.24, 2.45) is 7.05 Å².